The average Bonchev–Trinajstić information content (AvgIpc) is 2.91. The van der Waals surface area contributed by atoms with E-state index in [4.69, 9.17) is 9.47 Å². The number of carbonyl (C=O) groups is 2. The number of aryl methyl sites for hydroxylation is 1. The largest absolute Gasteiger partial charge is 0.497 e. The van der Waals surface area contributed by atoms with E-state index in [2.05, 4.69) is 5.32 Å². The van der Waals surface area contributed by atoms with Crippen LogP contribution in [0.15, 0.2) is 36.4 Å². The lowest BCUT2D eigenvalue weighted by Gasteiger charge is -2.20. The van der Waals surface area contributed by atoms with Crippen LogP contribution in [-0.2, 0) is 9.59 Å². The Morgan fingerprint density at radius 2 is 1.85 bits per heavy atom. The molecule has 1 heterocycles. The summed E-state index contributed by atoms with van der Waals surface area (Å²) < 4.78 is 10.5. The van der Waals surface area contributed by atoms with Crippen LogP contribution in [0.25, 0.3) is 0 Å². The zero-order valence-corrected chi connectivity index (χ0v) is 15.3. The van der Waals surface area contributed by atoms with Crippen molar-refractivity contribution in [2.24, 2.45) is 0 Å². The molecule has 0 aliphatic carbocycles. The van der Waals surface area contributed by atoms with Gasteiger partial charge in [-0.3, -0.25) is 9.59 Å². The van der Waals surface area contributed by atoms with Crippen molar-refractivity contribution in [3.8, 4) is 11.5 Å². The van der Waals surface area contributed by atoms with Crippen molar-refractivity contribution in [2.45, 2.75) is 26.3 Å². The van der Waals surface area contributed by atoms with Crippen molar-refractivity contribution in [2.75, 3.05) is 24.4 Å². The third-order valence-electron chi connectivity index (χ3n) is 4.70. The van der Waals surface area contributed by atoms with E-state index < -0.39 is 6.04 Å². The maximum absolute atomic E-state index is 12.9. The van der Waals surface area contributed by atoms with Crippen LogP contribution in [0.2, 0.25) is 0 Å². The molecular weight excluding hydrogens is 332 g/mol. The van der Waals surface area contributed by atoms with Gasteiger partial charge in [-0.2, -0.15) is 0 Å². The minimum atomic E-state index is -0.635. The van der Waals surface area contributed by atoms with Gasteiger partial charge < -0.3 is 14.8 Å². The van der Waals surface area contributed by atoms with Crippen LogP contribution in [0.4, 0.5) is 11.4 Å². The molecule has 1 N–H and O–H groups in total. The van der Waals surface area contributed by atoms with Gasteiger partial charge in [-0.25, -0.2) is 4.90 Å². The van der Waals surface area contributed by atoms with Gasteiger partial charge in [0.15, 0.2) is 0 Å². The van der Waals surface area contributed by atoms with Crippen molar-refractivity contribution >= 4 is 23.2 Å². The number of anilines is 2. The number of hydrogen-bond donors (Lipinski definition) is 1. The van der Waals surface area contributed by atoms with E-state index in [-0.39, 0.29) is 18.2 Å². The Hall–Kier alpha value is -3.02. The van der Waals surface area contributed by atoms with Crippen LogP contribution in [0.3, 0.4) is 0 Å². The summed E-state index contributed by atoms with van der Waals surface area (Å²) >= 11 is 0. The highest BCUT2D eigenvalue weighted by molar-refractivity contribution is 6.23. The lowest BCUT2D eigenvalue weighted by atomic mass is 10.1. The molecule has 0 saturated carbocycles. The number of imide groups is 1. The maximum Gasteiger partial charge on any atom is 0.256 e. The van der Waals surface area contributed by atoms with Crippen molar-refractivity contribution in [3.63, 3.8) is 0 Å². The molecule has 0 bridgehead atoms. The zero-order chi connectivity index (χ0) is 18.8. The third kappa shape index (κ3) is 3.10. The van der Waals surface area contributed by atoms with Gasteiger partial charge in [0.05, 0.1) is 32.0 Å². The molecule has 0 radical (unpaired) electrons. The molecule has 1 unspecified atom stereocenters. The summed E-state index contributed by atoms with van der Waals surface area (Å²) in [6.07, 6.45) is 0.0986. The van der Waals surface area contributed by atoms with Crippen LogP contribution in [0.1, 0.15) is 17.5 Å². The van der Waals surface area contributed by atoms with Crippen molar-refractivity contribution in [1.82, 2.24) is 0 Å². The summed E-state index contributed by atoms with van der Waals surface area (Å²) in [5.74, 6) is 0.725. The topological polar surface area (TPSA) is 67.9 Å². The first kappa shape index (κ1) is 17.8. The molecule has 6 heteroatoms. The van der Waals surface area contributed by atoms with E-state index in [1.165, 1.54) is 4.90 Å². The molecule has 26 heavy (non-hydrogen) atoms. The third-order valence-corrected chi connectivity index (χ3v) is 4.70. The highest BCUT2D eigenvalue weighted by atomic mass is 16.5. The monoisotopic (exact) mass is 354 g/mol. The molecule has 0 aromatic heterocycles. The second kappa shape index (κ2) is 7.07. The summed E-state index contributed by atoms with van der Waals surface area (Å²) in [6.45, 7) is 3.88. The van der Waals surface area contributed by atoms with Crippen molar-refractivity contribution < 1.29 is 19.1 Å². The molecule has 2 amide bonds. The van der Waals surface area contributed by atoms with Gasteiger partial charge in [0.25, 0.3) is 5.91 Å². The van der Waals surface area contributed by atoms with Crippen molar-refractivity contribution in [1.29, 1.82) is 0 Å². The van der Waals surface area contributed by atoms with Crippen molar-refractivity contribution in [3.05, 3.63) is 47.5 Å². The Morgan fingerprint density at radius 1 is 1.08 bits per heavy atom. The number of methoxy groups -OCH3 is 2. The summed E-state index contributed by atoms with van der Waals surface area (Å²) in [6, 6.07) is 10.3. The number of amides is 2. The highest BCUT2D eigenvalue weighted by Crippen LogP contribution is 2.33. The molecule has 2 aromatic rings. The Kier molecular flexibility index (Phi) is 4.84. The molecule has 1 saturated heterocycles. The molecule has 2 aromatic carbocycles. The molecule has 0 spiro atoms. The minimum absolute atomic E-state index is 0.0986. The highest BCUT2D eigenvalue weighted by Gasteiger charge is 2.40. The fourth-order valence-electron chi connectivity index (χ4n) is 3.08. The van der Waals surface area contributed by atoms with Gasteiger partial charge in [-0.1, -0.05) is 12.1 Å². The van der Waals surface area contributed by atoms with E-state index >= 15 is 0 Å². The predicted molar refractivity (Wildman–Crippen MR) is 100.0 cm³/mol. The minimum Gasteiger partial charge on any atom is -0.497 e. The maximum atomic E-state index is 12.9. The smallest absolute Gasteiger partial charge is 0.256 e. The van der Waals surface area contributed by atoms with Crippen LogP contribution >= 0.6 is 0 Å². The number of carbonyl (C=O) groups excluding carboxylic acids is 2. The zero-order valence-electron chi connectivity index (χ0n) is 15.3. The quantitative estimate of drug-likeness (QED) is 0.836. The Labute approximate surface area is 152 Å². The normalized spacial score (nSPS) is 16.8. The molecule has 136 valence electrons. The Balaban J connectivity index is 1.87. The number of nitrogens with one attached hydrogen (secondary N) is 1. The number of ether oxygens (including phenoxy) is 2. The predicted octanol–water partition coefficient (Wildman–Crippen LogP) is 3.06. The van der Waals surface area contributed by atoms with Gasteiger partial charge in [0.1, 0.15) is 17.5 Å². The molecular formula is C20H22N2O4. The molecule has 1 aliphatic rings. The standard InChI is InChI=1S/C20H22N2O4/c1-12-6-5-7-17(13(12)2)22-19(23)11-16(20(22)24)21-15-9-8-14(25-3)10-18(15)26-4/h5-10,16,21H,11H2,1-4H3. The van der Waals surface area contributed by atoms with Gasteiger partial charge >= 0.3 is 0 Å². The molecule has 3 rings (SSSR count). The molecule has 1 fully saturated rings. The first-order valence-electron chi connectivity index (χ1n) is 8.38. The number of rotatable bonds is 5. The summed E-state index contributed by atoms with van der Waals surface area (Å²) in [5.41, 5.74) is 3.25. The number of benzene rings is 2. The van der Waals surface area contributed by atoms with Gasteiger partial charge in [-0.05, 0) is 43.2 Å². The van der Waals surface area contributed by atoms with E-state index in [9.17, 15) is 9.59 Å². The van der Waals surface area contributed by atoms with E-state index in [0.29, 0.717) is 22.9 Å². The van der Waals surface area contributed by atoms with E-state index in [0.717, 1.165) is 11.1 Å². The summed E-state index contributed by atoms with van der Waals surface area (Å²) in [7, 11) is 3.12. The van der Waals surface area contributed by atoms with Gasteiger partial charge in [0.2, 0.25) is 5.91 Å². The lowest BCUT2D eigenvalue weighted by Crippen LogP contribution is -2.35. The molecule has 6 nitrogen and oxygen atoms in total. The van der Waals surface area contributed by atoms with Gasteiger partial charge in [-0.15, -0.1) is 0 Å². The first-order chi connectivity index (χ1) is 12.5. The Bertz CT molecular complexity index is 863. The first-order valence-corrected chi connectivity index (χ1v) is 8.38. The van der Waals surface area contributed by atoms with Crippen LogP contribution in [0, 0.1) is 13.8 Å². The van der Waals surface area contributed by atoms with E-state index in [1.54, 1.807) is 38.5 Å². The Morgan fingerprint density at radius 3 is 2.54 bits per heavy atom. The fourth-order valence-corrected chi connectivity index (χ4v) is 3.08. The lowest BCUT2D eigenvalue weighted by molar-refractivity contribution is -0.121. The molecule has 1 atom stereocenters. The van der Waals surface area contributed by atoms with Gasteiger partial charge in [0, 0.05) is 6.07 Å². The SMILES string of the molecule is COc1ccc(NC2CC(=O)N(c3cccc(C)c3C)C2=O)c(OC)c1. The second-order valence-corrected chi connectivity index (χ2v) is 6.25. The van der Waals surface area contributed by atoms with Crippen LogP contribution in [0.5, 0.6) is 11.5 Å². The number of hydrogen-bond acceptors (Lipinski definition) is 5. The number of nitrogens with zero attached hydrogens (tertiary/aromatic N) is 1. The summed E-state index contributed by atoms with van der Waals surface area (Å²) in [4.78, 5) is 26.7. The van der Waals surface area contributed by atoms with Crippen LogP contribution in [-0.4, -0.2) is 32.1 Å². The summed E-state index contributed by atoms with van der Waals surface area (Å²) in [5, 5.41) is 3.13. The average molecular weight is 354 g/mol. The van der Waals surface area contributed by atoms with E-state index in [1.807, 2.05) is 26.0 Å². The fraction of sp³-hybridized carbons (Fsp3) is 0.300. The molecule has 1 aliphatic heterocycles. The second-order valence-electron chi connectivity index (χ2n) is 6.25. The van der Waals surface area contributed by atoms with Crippen LogP contribution < -0.4 is 19.7 Å².